The molecule has 0 aromatic heterocycles. The number of aliphatic imine (C=N–C) groups is 1. The normalized spacial score (nSPS) is 12.4. The van der Waals surface area contributed by atoms with Gasteiger partial charge in [-0.15, -0.1) is 24.0 Å². The van der Waals surface area contributed by atoms with Crippen LogP contribution in [-0.4, -0.2) is 45.4 Å². The molecule has 0 unspecified atom stereocenters. The molecule has 0 atom stereocenters. The predicted molar refractivity (Wildman–Crippen MR) is 103 cm³/mol. The van der Waals surface area contributed by atoms with E-state index in [-0.39, 0.29) is 41.9 Å². The van der Waals surface area contributed by atoms with E-state index in [1.165, 1.54) is 18.2 Å². The van der Waals surface area contributed by atoms with Crippen molar-refractivity contribution in [1.29, 1.82) is 0 Å². The van der Waals surface area contributed by atoms with Crippen molar-refractivity contribution in [3.63, 3.8) is 0 Å². The molecule has 5 nitrogen and oxygen atoms in total. The first-order valence-electron chi connectivity index (χ1n) is 7.48. The summed E-state index contributed by atoms with van der Waals surface area (Å²) in [6.45, 7) is 4.75. The van der Waals surface area contributed by atoms with Gasteiger partial charge < -0.3 is 20.1 Å². The number of methoxy groups -OCH3 is 1. The number of guanidine groups is 1. The number of rotatable bonds is 7. The fourth-order valence-corrected chi connectivity index (χ4v) is 1.75. The maximum Gasteiger partial charge on any atom is 0.419 e. The van der Waals surface area contributed by atoms with E-state index in [9.17, 15) is 13.2 Å². The van der Waals surface area contributed by atoms with Crippen LogP contribution in [0.15, 0.2) is 29.3 Å². The number of nitrogens with zero attached hydrogens (tertiary/aromatic N) is 1. The number of ether oxygens (including phenoxy) is 2. The minimum atomic E-state index is -4.44. The summed E-state index contributed by atoms with van der Waals surface area (Å²) in [4.78, 5) is 4.03. The average Bonchev–Trinajstić information content (AvgIpc) is 2.53. The first-order valence-corrected chi connectivity index (χ1v) is 7.48. The van der Waals surface area contributed by atoms with Crippen molar-refractivity contribution in [2.45, 2.75) is 25.6 Å². The largest absolute Gasteiger partial charge is 0.491 e. The number of para-hydroxylation sites is 1. The third kappa shape index (κ3) is 8.61. The second-order valence-corrected chi connectivity index (χ2v) is 5.66. The fourth-order valence-electron chi connectivity index (χ4n) is 1.75. The lowest BCUT2D eigenvalue weighted by Gasteiger charge is -2.24. The summed E-state index contributed by atoms with van der Waals surface area (Å²) in [6, 6.07) is 5.13. The van der Waals surface area contributed by atoms with E-state index in [1.54, 1.807) is 14.2 Å². The molecule has 9 heteroatoms. The van der Waals surface area contributed by atoms with Crippen LogP contribution >= 0.6 is 24.0 Å². The number of nitrogens with one attached hydrogen (secondary N) is 2. The highest BCUT2D eigenvalue weighted by atomic mass is 127. The second kappa shape index (κ2) is 10.7. The van der Waals surface area contributed by atoms with Crippen LogP contribution in [0.25, 0.3) is 0 Å². The van der Waals surface area contributed by atoms with Crippen molar-refractivity contribution in [2.75, 3.05) is 33.9 Å². The highest BCUT2D eigenvalue weighted by Gasteiger charge is 2.33. The van der Waals surface area contributed by atoms with Gasteiger partial charge in [0.2, 0.25) is 0 Å². The van der Waals surface area contributed by atoms with Gasteiger partial charge in [-0.25, -0.2) is 0 Å². The van der Waals surface area contributed by atoms with Crippen LogP contribution in [0.4, 0.5) is 13.2 Å². The van der Waals surface area contributed by atoms with Gasteiger partial charge in [0.05, 0.1) is 17.7 Å². The minimum Gasteiger partial charge on any atom is -0.491 e. The van der Waals surface area contributed by atoms with Gasteiger partial charge in [0, 0.05) is 20.7 Å². The molecule has 0 amide bonds. The zero-order chi connectivity index (χ0) is 18.2. The molecule has 0 spiro atoms. The van der Waals surface area contributed by atoms with E-state index in [1.807, 2.05) is 13.8 Å². The van der Waals surface area contributed by atoms with E-state index in [0.29, 0.717) is 19.0 Å². The minimum absolute atomic E-state index is 0. The molecule has 1 aromatic rings. The molecule has 0 aliphatic rings. The number of hydrogen-bond donors (Lipinski definition) is 2. The molecular formula is C16H25F3IN3O2. The first-order chi connectivity index (χ1) is 11.2. The summed E-state index contributed by atoms with van der Waals surface area (Å²) in [6.07, 6.45) is -4.44. The van der Waals surface area contributed by atoms with Crippen LogP contribution in [0.2, 0.25) is 0 Å². The highest BCUT2D eigenvalue weighted by molar-refractivity contribution is 14.0. The van der Waals surface area contributed by atoms with Crippen LogP contribution in [0.3, 0.4) is 0 Å². The van der Waals surface area contributed by atoms with Crippen molar-refractivity contribution in [2.24, 2.45) is 4.99 Å². The molecule has 144 valence electrons. The zero-order valence-electron chi connectivity index (χ0n) is 14.7. The molecule has 25 heavy (non-hydrogen) atoms. The SMILES string of the molecule is CN=C(NCCOc1ccccc1C(F)(F)F)NCC(C)(C)OC.I. The molecule has 1 aromatic carbocycles. The van der Waals surface area contributed by atoms with E-state index in [2.05, 4.69) is 15.6 Å². The molecular weight excluding hydrogens is 450 g/mol. The van der Waals surface area contributed by atoms with Crippen molar-refractivity contribution in [3.05, 3.63) is 29.8 Å². The Morgan fingerprint density at radius 3 is 2.36 bits per heavy atom. The Morgan fingerprint density at radius 1 is 1.16 bits per heavy atom. The summed E-state index contributed by atoms with van der Waals surface area (Å²) < 4.78 is 49.1. The standard InChI is InChI=1S/C16H24F3N3O2.HI/c1-15(2,23-4)11-22-14(20-3)21-9-10-24-13-8-6-5-7-12(13)16(17,18)19;/h5-8H,9-11H2,1-4H3,(H2,20,21,22);1H. The summed E-state index contributed by atoms with van der Waals surface area (Å²) in [7, 11) is 3.22. The van der Waals surface area contributed by atoms with E-state index in [4.69, 9.17) is 9.47 Å². The Hall–Kier alpha value is -1.23. The van der Waals surface area contributed by atoms with Crippen molar-refractivity contribution in [1.82, 2.24) is 10.6 Å². The molecule has 2 N–H and O–H groups in total. The lowest BCUT2D eigenvalue weighted by atomic mass is 10.1. The Morgan fingerprint density at radius 2 is 1.80 bits per heavy atom. The molecule has 0 fully saturated rings. The van der Waals surface area contributed by atoms with Gasteiger partial charge in [-0.2, -0.15) is 13.2 Å². The molecule has 0 saturated heterocycles. The maximum atomic E-state index is 12.8. The molecule has 0 bridgehead atoms. The van der Waals surface area contributed by atoms with Gasteiger partial charge in [-0.05, 0) is 26.0 Å². The van der Waals surface area contributed by atoms with E-state index in [0.717, 1.165) is 6.07 Å². The monoisotopic (exact) mass is 475 g/mol. The highest BCUT2D eigenvalue weighted by Crippen LogP contribution is 2.35. The zero-order valence-corrected chi connectivity index (χ0v) is 17.1. The smallest absolute Gasteiger partial charge is 0.419 e. The number of hydrogen-bond acceptors (Lipinski definition) is 3. The fraction of sp³-hybridized carbons (Fsp3) is 0.562. The second-order valence-electron chi connectivity index (χ2n) is 5.66. The van der Waals surface area contributed by atoms with Gasteiger partial charge >= 0.3 is 6.18 Å². The van der Waals surface area contributed by atoms with Crippen molar-refractivity contribution in [3.8, 4) is 5.75 Å². The molecule has 1 rings (SSSR count). The third-order valence-electron chi connectivity index (χ3n) is 3.30. The van der Waals surface area contributed by atoms with Crippen LogP contribution in [0.1, 0.15) is 19.4 Å². The van der Waals surface area contributed by atoms with E-state index >= 15 is 0 Å². The van der Waals surface area contributed by atoms with Gasteiger partial charge in [0.25, 0.3) is 0 Å². The first kappa shape index (κ1) is 23.8. The van der Waals surface area contributed by atoms with Crippen molar-refractivity contribution >= 4 is 29.9 Å². The molecule has 0 radical (unpaired) electrons. The summed E-state index contributed by atoms with van der Waals surface area (Å²) in [5.74, 6) is 0.336. The lowest BCUT2D eigenvalue weighted by Crippen LogP contribution is -2.46. The topological polar surface area (TPSA) is 54.9 Å². The van der Waals surface area contributed by atoms with Crippen molar-refractivity contribution < 1.29 is 22.6 Å². The Bertz CT molecular complexity index is 552. The Kier molecular flexibility index (Phi) is 10.2. The quantitative estimate of drug-likeness (QED) is 0.275. The van der Waals surface area contributed by atoms with Gasteiger partial charge in [-0.1, -0.05) is 12.1 Å². The van der Waals surface area contributed by atoms with Crippen LogP contribution in [0.5, 0.6) is 5.75 Å². The summed E-state index contributed by atoms with van der Waals surface area (Å²) in [5, 5.41) is 6.04. The maximum absolute atomic E-state index is 12.8. The number of alkyl halides is 3. The molecule has 0 saturated carbocycles. The lowest BCUT2D eigenvalue weighted by molar-refractivity contribution is -0.138. The number of benzene rings is 1. The van der Waals surface area contributed by atoms with Gasteiger partial charge in [-0.3, -0.25) is 4.99 Å². The molecule has 0 aliphatic carbocycles. The Labute approximate surface area is 163 Å². The van der Waals surface area contributed by atoms with E-state index < -0.39 is 11.7 Å². The predicted octanol–water partition coefficient (Wildman–Crippen LogP) is 3.29. The Balaban J connectivity index is 0.00000576. The number of halogens is 4. The summed E-state index contributed by atoms with van der Waals surface area (Å²) in [5.41, 5.74) is -1.14. The van der Waals surface area contributed by atoms with Gasteiger partial charge in [0.15, 0.2) is 5.96 Å². The molecule has 0 aliphatic heterocycles. The third-order valence-corrected chi connectivity index (χ3v) is 3.30. The summed E-state index contributed by atoms with van der Waals surface area (Å²) >= 11 is 0. The molecule has 0 heterocycles. The average molecular weight is 475 g/mol. The van der Waals surface area contributed by atoms with Crippen LogP contribution in [0, 0.1) is 0 Å². The van der Waals surface area contributed by atoms with Crippen LogP contribution < -0.4 is 15.4 Å². The van der Waals surface area contributed by atoms with Gasteiger partial charge in [0.1, 0.15) is 12.4 Å². The van der Waals surface area contributed by atoms with Crippen LogP contribution in [-0.2, 0) is 10.9 Å².